The van der Waals surface area contributed by atoms with Gasteiger partial charge in [-0.05, 0) is 24.1 Å². The number of hydrogen-bond acceptors (Lipinski definition) is 2. The molecule has 92 valence electrons. The van der Waals surface area contributed by atoms with Gasteiger partial charge < -0.3 is 9.64 Å². The number of hydrogen-bond donors (Lipinski definition) is 0. The molecular formula is C12H13BrClNO2. The Morgan fingerprint density at radius 1 is 1.59 bits per heavy atom. The van der Waals surface area contributed by atoms with E-state index in [1.165, 1.54) is 0 Å². The van der Waals surface area contributed by atoms with E-state index in [4.69, 9.17) is 16.3 Å². The Labute approximate surface area is 114 Å². The highest BCUT2D eigenvalue weighted by molar-refractivity contribution is 9.10. The average molecular weight is 319 g/mol. The third-order valence-corrected chi connectivity index (χ3v) is 3.78. The van der Waals surface area contributed by atoms with E-state index >= 15 is 0 Å². The van der Waals surface area contributed by atoms with E-state index in [1.807, 2.05) is 18.2 Å². The van der Waals surface area contributed by atoms with Crippen LogP contribution >= 0.6 is 27.5 Å². The van der Waals surface area contributed by atoms with Crippen LogP contribution in [0.4, 0.5) is 5.69 Å². The van der Waals surface area contributed by atoms with Crippen molar-refractivity contribution in [2.75, 3.05) is 24.4 Å². The first-order valence-corrected chi connectivity index (χ1v) is 6.68. The Balaban J connectivity index is 2.33. The van der Waals surface area contributed by atoms with Crippen molar-refractivity contribution in [3.05, 3.63) is 22.7 Å². The summed E-state index contributed by atoms with van der Waals surface area (Å²) in [6.45, 7) is 0.662. The summed E-state index contributed by atoms with van der Waals surface area (Å²) in [6.07, 6.45) is 0.513. The van der Waals surface area contributed by atoms with E-state index in [0.717, 1.165) is 10.2 Å². The van der Waals surface area contributed by atoms with Gasteiger partial charge in [-0.3, -0.25) is 4.79 Å². The van der Waals surface area contributed by atoms with Crippen LogP contribution in [0.1, 0.15) is 6.42 Å². The molecular weight excluding hydrogens is 305 g/mol. The number of benzene rings is 1. The van der Waals surface area contributed by atoms with Gasteiger partial charge in [0.2, 0.25) is 5.91 Å². The first kappa shape index (κ1) is 12.7. The van der Waals surface area contributed by atoms with Crippen LogP contribution in [0.3, 0.4) is 0 Å². The zero-order valence-electron chi connectivity index (χ0n) is 9.45. The van der Waals surface area contributed by atoms with Gasteiger partial charge in [-0.1, -0.05) is 15.9 Å². The van der Waals surface area contributed by atoms with Crippen LogP contribution in [-0.2, 0) is 4.79 Å². The van der Waals surface area contributed by atoms with Gasteiger partial charge in [0.15, 0.2) is 0 Å². The Morgan fingerprint density at radius 2 is 2.35 bits per heavy atom. The summed E-state index contributed by atoms with van der Waals surface area (Å²) in [5.74, 6) is 1.55. The predicted molar refractivity (Wildman–Crippen MR) is 71.9 cm³/mol. The SMILES string of the molecule is COc1ccc(Br)cc1N1CC(CCl)CC1=O. The number of amides is 1. The second-order valence-corrected chi connectivity index (χ2v) is 5.27. The molecule has 0 bridgehead atoms. The van der Waals surface area contributed by atoms with Crippen LogP contribution < -0.4 is 9.64 Å². The molecule has 5 heteroatoms. The quantitative estimate of drug-likeness (QED) is 0.802. The summed E-state index contributed by atoms with van der Waals surface area (Å²) in [6, 6.07) is 5.63. The zero-order chi connectivity index (χ0) is 12.4. The smallest absolute Gasteiger partial charge is 0.227 e. The molecule has 2 rings (SSSR count). The van der Waals surface area contributed by atoms with E-state index in [2.05, 4.69) is 15.9 Å². The van der Waals surface area contributed by atoms with Gasteiger partial charge >= 0.3 is 0 Å². The second-order valence-electron chi connectivity index (χ2n) is 4.04. The van der Waals surface area contributed by atoms with E-state index < -0.39 is 0 Å². The van der Waals surface area contributed by atoms with Gasteiger partial charge in [0.05, 0.1) is 12.8 Å². The molecule has 1 fully saturated rings. The molecule has 1 atom stereocenters. The molecule has 1 aromatic carbocycles. The normalized spacial score (nSPS) is 19.8. The average Bonchev–Trinajstić information content (AvgIpc) is 2.70. The minimum absolute atomic E-state index is 0.104. The highest BCUT2D eigenvalue weighted by Crippen LogP contribution is 2.35. The Bertz CT molecular complexity index is 439. The molecule has 1 amide bonds. The number of methoxy groups -OCH3 is 1. The van der Waals surface area contributed by atoms with Crippen molar-refractivity contribution in [2.24, 2.45) is 5.92 Å². The van der Waals surface area contributed by atoms with Crippen molar-refractivity contribution < 1.29 is 9.53 Å². The van der Waals surface area contributed by atoms with Crippen molar-refractivity contribution in [1.82, 2.24) is 0 Å². The van der Waals surface area contributed by atoms with E-state index in [-0.39, 0.29) is 11.8 Å². The lowest BCUT2D eigenvalue weighted by Gasteiger charge is -2.19. The number of rotatable bonds is 3. The van der Waals surface area contributed by atoms with Crippen molar-refractivity contribution >= 4 is 39.1 Å². The molecule has 0 spiro atoms. The summed E-state index contributed by atoms with van der Waals surface area (Å²) in [7, 11) is 1.60. The minimum atomic E-state index is 0.104. The number of carbonyl (C=O) groups excluding carboxylic acids is 1. The summed E-state index contributed by atoms with van der Waals surface area (Å²) < 4.78 is 6.21. The molecule has 1 heterocycles. The maximum atomic E-state index is 11.9. The highest BCUT2D eigenvalue weighted by atomic mass is 79.9. The van der Waals surface area contributed by atoms with Gasteiger partial charge in [0.1, 0.15) is 5.75 Å². The zero-order valence-corrected chi connectivity index (χ0v) is 11.8. The number of carbonyl (C=O) groups is 1. The summed E-state index contributed by atoms with van der Waals surface area (Å²) >= 11 is 9.22. The standard InChI is InChI=1S/C12H13BrClNO2/c1-17-11-3-2-9(13)5-10(11)15-7-8(6-14)4-12(15)16/h2-3,5,8H,4,6-7H2,1H3. The molecule has 1 unspecified atom stereocenters. The first-order valence-electron chi connectivity index (χ1n) is 5.35. The van der Waals surface area contributed by atoms with Crippen LogP contribution in [0.25, 0.3) is 0 Å². The van der Waals surface area contributed by atoms with Crippen molar-refractivity contribution in [1.29, 1.82) is 0 Å². The first-order chi connectivity index (χ1) is 8.15. The molecule has 1 aliphatic heterocycles. The minimum Gasteiger partial charge on any atom is -0.495 e. The molecule has 1 saturated heterocycles. The summed E-state index contributed by atoms with van der Waals surface area (Å²) in [5.41, 5.74) is 0.805. The fourth-order valence-corrected chi connectivity index (χ4v) is 2.55. The van der Waals surface area contributed by atoms with Crippen LogP contribution in [0.15, 0.2) is 22.7 Å². The van der Waals surface area contributed by atoms with E-state index in [0.29, 0.717) is 24.6 Å². The number of alkyl halides is 1. The van der Waals surface area contributed by atoms with Crippen LogP contribution in [0, 0.1) is 5.92 Å². The molecule has 0 radical (unpaired) electrons. The third-order valence-electron chi connectivity index (χ3n) is 2.86. The number of nitrogens with zero attached hydrogens (tertiary/aromatic N) is 1. The second kappa shape index (κ2) is 5.27. The summed E-state index contributed by atoms with van der Waals surface area (Å²) in [5, 5.41) is 0. The lowest BCUT2D eigenvalue weighted by Crippen LogP contribution is -2.25. The van der Waals surface area contributed by atoms with Crippen molar-refractivity contribution in [2.45, 2.75) is 6.42 Å². The van der Waals surface area contributed by atoms with Gasteiger partial charge in [0, 0.05) is 23.3 Å². The number of anilines is 1. The molecule has 17 heavy (non-hydrogen) atoms. The third kappa shape index (κ3) is 2.58. The van der Waals surface area contributed by atoms with Crippen LogP contribution in [-0.4, -0.2) is 25.4 Å². The molecule has 1 aliphatic rings. The lowest BCUT2D eigenvalue weighted by molar-refractivity contribution is -0.117. The van der Waals surface area contributed by atoms with Crippen LogP contribution in [0.2, 0.25) is 0 Å². The molecule has 0 saturated carbocycles. The van der Waals surface area contributed by atoms with Crippen LogP contribution in [0.5, 0.6) is 5.75 Å². The fraction of sp³-hybridized carbons (Fsp3) is 0.417. The molecule has 0 N–H and O–H groups in total. The fourth-order valence-electron chi connectivity index (χ4n) is 1.99. The van der Waals surface area contributed by atoms with Gasteiger partial charge in [-0.2, -0.15) is 0 Å². The predicted octanol–water partition coefficient (Wildman–Crippen LogP) is 3.05. The highest BCUT2D eigenvalue weighted by Gasteiger charge is 2.31. The van der Waals surface area contributed by atoms with Gasteiger partial charge in [-0.15, -0.1) is 11.6 Å². The monoisotopic (exact) mass is 317 g/mol. The molecule has 0 aliphatic carbocycles. The maximum absolute atomic E-state index is 11.9. The molecule has 3 nitrogen and oxygen atoms in total. The lowest BCUT2D eigenvalue weighted by atomic mass is 10.1. The Hall–Kier alpha value is -0.740. The Kier molecular flexibility index (Phi) is 3.94. The van der Waals surface area contributed by atoms with E-state index in [1.54, 1.807) is 12.0 Å². The Morgan fingerprint density at radius 3 is 2.94 bits per heavy atom. The van der Waals surface area contributed by atoms with Gasteiger partial charge in [0.25, 0.3) is 0 Å². The summed E-state index contributed by atoms with van der Waals surface area (Å²) in [4.78, 5) is 13.7. The van der Waals surface area contributed by atoms with Gasteiger partial charge in [-0.25, -0.2) is 0 Å². The molecule has 1 aromatic rings. The maximum Gasteiger partial charge on any atom is 0.227 e. The topological polar surface area (TPSA) is 29.5 Å². The van der Waals surface area contributed by atoms with Crippen molar-refractivity contribution in [3.63, 3.8) is 0 Å². The molecule has 0 aromatic heterocycles. The number of halogens is 2. The number of ether oxygens (including phenoxy) is 1. The van der Waals surface area contributed by atoms with Crippen molar-refractivity contribution in [3.8, 4) is 5.75 Å². The largest absolute Gasteiger partial charge is 0.495 e. The van der Waals surface area contributed by atoms with E-state index in [9.17, 15) is 4.79 Å².